The molecule has 114 valence electrons. The maximum Gasteiger partial charge on any atom is 0.410 e. The van der Waals surface area contributed by atoms with Crippen molar-refractivity contribution >= 4 is 12.0 Å². The predicted octanol–water partition coefficient (Wildman–Crippen LogP) is 1.66. The number of carbonyl (C=O) groups is 2. The van der Waals surface area contributed by atoms with Gasteiger partial charge in [-0.05, 0) is 36.4 Å². The first-order valence-corrected chi connectivity index (χ1v) is 7.07. The van der Waals surface area contributed by atoms with Crippen LogP contribution in [0.2, 0.25) is 0 Å². The summed E-state index contributed by atoms with van der Waals surface area (Å²) in [5, 5.41) is 2.79. The van der Waals surface area contributed by atoms with Crippen molar-refractivity contribution in [2.24, 2.45) is 0 Å². The van der Waals surface area contributed by atoms with Crippen LogP contribution in [0.5, 0.6) is 0 Å². The number of hydrogen-bond acceptors (Lipinski definition) is 3. The van der Waals surface area contributed by atoms with E-state index in [1.165, 1.54) is 4.90 Å². The Balaban J connectivity index is 1.57. The van der Waals surface area contributed by atoms with Gasteiger partial charge in [0.05, 0.1) is 13.1 Å². The standard InChI is InChI=1S/C16H17N3O3/c1-18-11-14(22-16(18)21)10-17-15(20)12-4-6-13(7-5-12)19-8-2-3-9-19/h2-9,14H,10-11H2,1H3,(H,17,20). The third-order valence-corrected chi connectivity index (χ3v) is 3.58. The molecule has 1 atom stereocenters. The molecule has 1 N–H and O–H groups in total. The van der Waals surface area contributed by atoms with E-state index in [9.17, 15) is 9.59 Å². The number of hydrogen-bond donors (Lipinski definition) is 1. The Bertz CT molecular complexity index is 664. The lowest BCUT2D eigenvalue weighted by Crippen LogP contribution is -2.34. The molecule has 1 unspecified atom stereocenters. The minimum atomic E-state index is -0.352. The zero-order valence-corrected chi connectivity index (χ0v) is 12.2. The Morgan fingerprint density at radius 2 is 1.95 bits per heavy atom. The Hall–Kier alpha value is -2.76. The topological polar surface area (TPSA) is 63.6 Å². The molecule has 0 saturated carbocycles. The zero-order chi connectivity index (χ0) is 15.5. The van der Waals surface area contributed by atoms with Gasteiger partial charge in [0.25, 0.3) is 5.91 Å². The first-order valence-electron chi connectivity index (χ1n) is 7.07. The summed E-state index contributed by atoms with van der Waals surface area (Å²) < 4.78 is 7.06. The molecule has 0 radical (unpaired) electrons. The normalized spacial score (nSPS) is 17.4. The summed E-state index contributed by atoms with van der Waals surface area (Å²) in [6.45, 7) is 0.806. The van der Waals surface area contributed by atoms with Crippen molar-refractivity contribution in [3.63, 3.8) is 0 Å². The fourth-order valence-corrected chi connectivity index (χ4v) is 2.36. The van der Waals surface area contributed by atoms with Gasteiger partial charge in [-0.15, -0.1) is 0 Å². The minimum Gasteiger partial charge on any atom is -0.442 e. The van der Waals surface area contributed by atoms with Crippen LogP contribution in [-0.2, 0) is 4.74 Å². The van der Waals surface area contributed by atoms with E-state index in [4.69, 9.17) is 4.74 Å². The number of likely N-dealkylation sites (N-methyl/N-ethyl adjacent to an activating group) is 1. The van der Waals surface area contributed by atoms with Crippen molar-refractivity contribution < 1.29 is 14.3 Å². The van der Waals surface area contributed by atoms with Crippen LogP contribution in [0.15, 0.2) is 48.8 Å². The highest BCUT2D eigenvalue weighted by Gasteiger charge is 2.28. The molecule has 6 heteroatoms. The minimum absolute atomic E-state index is 0.176. The molecule has 0 spiro atoms. The summed E-state index contributed by atoms with van der Waals surface area (Å²) in [4.78, 5) is 24.8. The first kappa shape index (κ1) is 14.2. The van der Waals surface area contributed by atoms with E-state index in [0.717, 1.165) is 5.69 Å². The quantitative estimate of drug-likeness (QED) is 0.934. The van der Waals surface area contributed by atoms with E-state index in [2.05, 4.69) is 5.32 Å². The molecule has 1 fully saturated rings. The van der Waals surface area contributed by atoms with Gasteiger partial charge in [-0.25, -0.2) is 4.79 Å². The number of aromatic nitrogens is 1. The second-order valence-electron chi connectivity index (χ2n) is 5.23. The predicted molar refractivity (Wildman–Crippen MR) is 81.0 cm³/mol. The van der Waals surface area contributed by atoms with E-state index in [-0.39, 0.29) is 18.1 Å². The summed E-state index contributed by atoms with van der Waals surface area (Å²) >= 11 is 0. The average Bonchev–Trinajstić information content (AvgIpc) is 3.16. The third-order valence-electron chi connectivity index (χ3n) is 3.58. The molecule has 3 rings (SSSR count). The molecule has 1 aliphatic rings. The van der Waals surface area contributed by atoms with Crippen molar-refractivity contribution in [3.8, 4) is 5.69 Å². The van der Waals surface area contributed by atoms with Crippen LogP contribution in [0, 0.1) is 0 Å². The number of rotatable bonds is 4. The maximum absolute atomic E-state index is 12.1. The molecule has 22 heavy (non-hydrogen) atoms. The summed E-state index contributed by atoms with van der Waals surface area (Å²) in [5.41, 5.74) is 1.57. The highest BCUT2D eigenvalue weighted by atomic mass is 16.6. The number of nitrogens with zero attached hydrogens (tertiary/aromatic N) is 2. The third kappa shape index (κ3) is 2.95. The highest BCUT2D eigenvalue weighted by Crippen LogP contribution is 2.11. The van der Waals surface area contributed by atoms with Gasteiger partial charge in [-0.1, -0.05) is 0 Å². The van der Waals surface area contributed by atoms with Gasteiger partial charge in [-0.2, -0.15) is 0 Å². The van der Waals surface area contributed by atoms with Crippen LogP contribution in [0.4, 0.5) is 4.79 Å². The molecule has 2 aromatic rings. The Morgan fingerprint density at radius 1 is 1.27 bits per heavy atom. The first-order chi connectivity index (χ1) is 10.6. The van der Waals surface area contributed by atoms with Crippen molar-refractivity contribution in [1.29, 1.82) is 0 Å². The lowest BCUT2D eigenvalue weighted by molar-refractivity contribution is 0.0915. The van der Waals surface area contributed by atoms with Crippen molar-refractivity contribution in [3.05, 3.63) is 54.4 Å². The van der Waals surface area contributed by atoms with Gasteiger partial charge in [-0.3, -0.25) is 4.79 Å². The summed E-state index contributed by atoms with van der Waals surface area (Å²) in [7, 11) is 1.67. The Labute approximate surface area is 128 Å². The Morgan fingerprint density at radius 3 is 2.55 bits per heavy atom. The van der Waals surface area contributed by atoms with Gasteiger partial charge < -0.3 is 19.5 Å². The smallest absolute Gasteiger partial charge is 0.410 e. The zero-order valence-electron chi connectivity index (χ0n) is 12.2. The summed E-state index contributed by atoms with van der Waals surface area (Å²) in [5.74, 6) is -0.176. The second-order valence-corrected chi connectivity index (χ2v) is 5.23. The summed E-state index contributed by atoms with van der Waals surface area (Å²) in [6.07, 6.45) is 3.25. The largest absolute Gasteiger partial charge is 0.442 e. The number of ether oxygens (including phenoxy) is 1. The van der Waals surface area contributed by atoms with E-state index in [1.807, 2.05) is 41.2 Å². The summed E-state index contributed by atoms with van der Waals surface area (Å²) in [6, 6.07) is 11.2. The number of carbonyl (C=O) groups excluding carboxylic acids is 2. The fourth-order valence-electron chi connectivity index (χ4n) is 2.36. The molecule has 2 amide bonds. The molecule has 2 heterocycles. The molecule has 1 saturated heterocycles. The molecule has 1 aromatic carbocycles. The van der Waals surface area contributed by atoms with Crippen molar-refractivity contribution in [1.82, 2.24) is 14.8 Å². The lowest BCUT2D eigenvalue weighted by Gasteiger charge is -2.10. The van der Waals surface area contributed by atoms with Crippen LogP contribution >= 0.6 is 0 Å². The number of amides is 2. The van der Waals surface area contributed by atoms with Crippen LogP contribution in [0.3, 0.4) is 0 Å². The van der Waals surface area contributed by atoms with Gasteiger partial charge in [0.2, 0.25) is 0 Å². The van der Waals surface area contributed by atoms with E-state index in [1.54, 1.807) is 19.2 Å². The molecule has 1 aliphatic heterocycles. The number of nitrogens with one attached hydrogen (secondary N) is 1. The van der Waals surface area contributed by atoms with E-state index >= 15 is 0 Å². The molecular weight excluding hydrogens is 282 g/mol. The van der Waals surface area contributed by atoms with Gasteiger partial charge in [0, 0.05) is 30.7 Å². The number of cyclic esters (lactones) is 1. The lowest BCUT2D eigenvalue weighted by atomic mass is 10.2. The van der Waals surface area contributed by atoms with Crippen LogP contribution in [0.1, 0.15) is 10.4 Å². The highest BCUT2D eigenvalue weighted by molar-refractivity contribution is 5.94. The fraction of sp³-hybridized carbons (Fsp3) is 0.250. The Kier molecular flexibility index (Phi) is 3.82. The molecule has 6 nitrogen and oxygen atoms in total. The van der Waals surface area contributed by atoms with Crippen LogP contribution in [-0.4, -0.2) is 47.7 Å². The van der Waals surface area contributed by atoms with Crippen molar-refractivity contribution in [2.45, 2.75) is 6.10 Å². The van der Waals surface area contributed by atoms with Gasteiger partial charge >= 0.3 is 6.09 Å². The number of benzene rings is 1. The van der Waals surface area contributed by atoms with Crippen molar-refractivity contribution in [2.75, 3.05) is 20.1 Å². The SMILES string of the molecule is CN1CC(CNC(=O)c2ccc(-n3cccc3)cc2)OC1=O. The second kappa shape index (κ2) is 5.93. The molecule has 1 aromatic heterocycles. The van der Waals surface area contributed by atoms with Crippen LogP contribution < -0.4 is 5.32 Å². The average molecular weight is 299 g/mol. The monoisotopic (exact) mass is 299 g/mol. The molecular formula is C16H17N3O3. The molecule has 0 aliphatic carbocycles. The van der Waals surface area contributed by atoms with E-state index in [0.29, 0.717) is 18.7 Å². The van der Waals surface area contributed by atoms with Gasteiger partial charge in [0.1, 0.15) is 6.10 Å². The molecule has 0 bridgehead atoms. The van der Waals surface area contributed by atoms with Gasteiger partial charge in [0.15, 0.2) is 0 Å². The van der Waals surface area contributed by atoms with Crippen LogP contribution in [0.25, 0.3) is 5.69 Å². The van der Waals surface area contributed by atoms with E-state index < -0.39 is 0 Å². The maximum atomic E-state index is 12.1.